The van der Waals surface area contributed by atoms with Crippen LogP contribution in [0.25, 0.3) is 10.9 Å². The Balaban J connectivity index is 2.86. The SMILES string of the molecule is COC(=O)c1cccc2[nH]cc([C@@](O)(C(=O)OC)C(F)(F)F)c12. The predicted octanol–water partition coefficient (Wildman–Crippen LogP) is 1.88. The second kappa shape index (κ2) is 5.58. The first-order chi connectivity index (χ1) is 10.7. The molecule has 0 saturated heterocycles. The van der Waals surface area contributed by atoms with E-state index >= 15 is 0 Å². The third kappa shape index (κ3) is 2.42. The van der Waals surface area contributed by atoms with Crippen molar-refractivity contribution in [2.45, 2.75) is 11.8 Å². The van der Waals surface area contributed by atoms with Crippen LogP contribution in [0.15, 0.2) is 24.4 Å². The first-order valence-electron chi connectivity index (χ1n) is 6.24. The molecule has 2 aromatic rings. The number of alkyl halides is 3. The standard InChI is InChI=1S/C14H12F3NO5/c1-22-11(19)7-4-3-5-9-10(7)8(6-18-9)13(21,12(20)23-2)14(15,16)17/h3-6,18,21H,1-2H3/t13-/m1/s1. The molecule has 9 heteroatoms. The van der Waals surface area contributed by atoms with Crippen LogP contribution in [0.3, 0.4) is 0 Å². The zero-order chi connectivity index (χ0) is 17.4. The average Bonchev–Trinajstić information content (AvgIpc) is 2.95. The predicted molar refractivity (Wildman–Crippen MR) is 71.6 cm³/mol. The van der Waals surface area contributed by atoms with Crippen LogP contribution in [-0.4, -0.2) is 42.4 Å². The van der Waals surface area contributed by atoms with E-state index < -0.39 is 29.3 Å². The highest BCUT2D eigenvalue weighted by molar-refractivity contribution is 6.07. The van der Waals surface area contributed by atoms with Gasteiger partial charge in [0.1, 0.15) is 0 Å². The van der Waals surface area contributed by atoms with Gasteiger partial charge in [-0.2, -0.15) is 13.2 Å². The first-order valence-corrected chi connectivity index (χ1v) is 6.24. The monoisotopic (exact) mass is 331 g/mol. The molecule has 1 heterocycles. The molecule has 124 valence electrons. The van der Waals surface area contributed by atoms with E-state index in [1.807, 2.05) is 0 Å². The van der Waals surface area contributed by atoms with E-state index in [9.17, 15) is 27.9 Å². The van der Waals surface area contributed by atoms with Crippen molar-refractivity contribution in [3.63, 3.8) is 0 Å². The van der Waals surface area contributed by atoms with Crippen LogP contribution in [-0.2, 0) is 19.9 Å². The molecule has 0 bridgehead atoms. The number of halogens is 3. The average molecular weight is 331 g/mol. The van der Waals surface area contributed by atoms with Crippen molar-refractivity contribution < 1.29 is 37.3 Å². The molecule has 6 nitrogen and oxygen atoms in total. The van der Waals surface area contributed by atoms with Gasteiger partial charge >= 0.3 is 18.1 Å². The van der Waals surface area contributed by atoms with E-state index in [1.165, 1.54) is 18.2 Å². The number of carbonyl (C=O) groups excluding carboxylic acids is 2. The smallest absolute Gasteiger partial charge is 0.432 e. The number of fused-ring (bicyclic) bond motifs is 1. The van der Waals surface area contributed by atoms with E-state index in [2.05, 4.69) is 14.5 Å². The number of hydrogen-bond acceptors (Lipinski definition) is 5. The Bertz CT molecular complexity index is 767. The summed E-state index contributed by atoms with van der Waals surface area (Å²) in [6, 6.07) is 4.03. The summed E-state index contributed by atoms with van der Waals surface area (Å²) in [6.45, 7) is 0. The van der Waals surface area contributed by atoms with Crippen LogP contribution in [0.4, 0.5) is 13.2 Å². The number of aliphatic hydroxyl groups is 1. The van der Waals surface area contributed by atoms with Crippen LogP contribution < -0.4 is 0 Å². The molecule has 0 saturated carbocycles. The van der Waals surface area contributed by atoms with Crippen molar-refractivity contribution in [3.05, 3.63) is 35.5 Å². The molecule has 0 amide bonds. The molecule has 2 rings (SSSR count). The maximum Gasteiger partial charge on any atom is 0.432 e. The molecular formula is C14H12F3NO5. The van der Waals surface area contributed by atoms with E-state index in [1.54, 1.807) is 0 Å². The Morgan fingerprint density at radius 2 is 1.83 bits per heavy atom. The van der Waals surface area contributed by atoms with Gasteiger partial charge in [0, 0.05) is 22.7 Å². The minimum Gasteiger partial charge on any atom is -0.466 e. The third-order valence-corrected chi connectivity index (χ3v) is 3.39. The quantitative estimate of drug-likeness (QED) is 0.839. The van der Waals surface area contributed by atoms with Crippen LogP contribution in [0, 0.1) is 0 Å². The molecule has 0 unspecified atom stereocenters. The van der Waals surface area contributed by atoms with E-state index in [4.69, 9.17) is 0 Å². The number of hydrogen-bond donors (Lipinski definition) is 2. The summed E-state index contributed by atoms with van der Waals surface area (Å²) in [5.41, 5.74) is -4.88. The van der Waals surface area contributed by atoms with Crippen molar-refractivity contribution in [2.75, 3.05) is 14.2 Å². The topological polar surface area (TPSA) is 88.6 Å². The van der Waals surface area contributed by atoms with Crippen molar-refractivity contribution in [3.8, 4) is 0 Å². The van der Waals surface area contributed by atoms with Gasteiger partial charge in [-0.15, -0.1) is 0 Å². The minimum absolute atomic E-state index is 0.120. The summed E-state index contributed by atoms with van der Waals surface area (Å²) in [5.74, 6) is -2.82. The summed E-state index contributed by atoms with van der Waals surface area (Å²) in [5, 5.41) is 9.81. The Labute approximate surface area is 127 Å². The van der Waals surface area contributed by atoms with Crippen LogP contribution >= 0.6 is 0 Å². The highest BCUT2D eigenvalue weighted by Gasteiger charge is 2.63. The number of aromatic nitrogens is 1. The number of aromatic amines is 1. The number of ether oxygens (including phenoxy) is 2. The Morgan fingerprint density at radius 3 is 2.35 bits per heavy atom. The number of nitrogens with one attached hydrogen (secondary N) is 1. The van der Waals surface area contributed by atoms with Crippen molar-refractivity contribution in [1.29, 1.82) is 0 Å². The second-order valence-electron chi connectivity index (χ2n) is 4.62. The van der Waals surface area contributed by atoms with Gasteiger partial charge in [-0.05, 0) is 12.1 Å². The van der Waals surface area contributed by atoms with Crippen LogP contribution in [0.2, 0.25) is 0 Å². The maximum atomic E-state index is 13.4. The van der Waals surface area contributed by atoms with E-state index in [-0.39, 0.29) is 16.5 Å². The van der Waals surface area contributed by atoms with E-state index in [0.717, 1.165) is 20.4 Å². The van der Waals surface area contributed by atoms with Gasteiger partial charge in [-0.3, -0.25) is 0 Å². The number of H-pyrrole nitrogens is 1. The molecule has 1 aromatic heterocycles. The summed E-state index contributed by atoms with van der Waals surface area (Å²) < 4.78 is 48.7. The number of esters is 2. The van der Waals surface area contributed by atoms with Crippen molar-refractivity contribution >= 4 is 22.8 Å². The summed E-state index contributed by atoms with van der Waals surface area (Å²) in [6.07, 6.45) is -4.56. The van der Waals surface area contributed by atoms with Crippen LogP contribution in [0.5, 0.6) is 0 Å². The zero-order valence-corrected chi connectivity index (χ0v) is 12.0. The molecule has 0 radical (unpaired) electrons. The summed E-state index contributed by atoms with van der Waals surface area (Å²) in [4.78, 5) is 25.9. The third-order valence-electron chi connectivity index (χ3n) is 3.39. The number of benzene rings is 1. The van der Waals surface area contributed by atoms with E-state index in [0.29, 0.717) is 0 Å². The Hall–Kier alpha value is -2.55. The molecule has 1 aromatic carbocycles. The number of carbonyl (C=O) groups is 2. The van der Waals surface area contributed by atoms with Gasteiger partial charge in [-0.1, -0.05) is 6.07 Å². The molecule has 0 aliphatic carbocycles. The number of rotatable bonds is 3. The van der Waals surface area contributed by atoms with Gasteiger partial charge in [0.05, 0.1) is 19.8 Å². The van der Waals surface area contributed by atoms with Gasteiger partial charge in [0.2, 0.25) is 0 Å². The minimum atomic E-state index is -5.36. The van der Waals surface area contributed by atoms with Gasteiger partial charge in [0.15, 0.2) is 0 Å². The fraction of sp³-hybridized carbons (Fsp3) is 0.286. The highest BCUT2D eigenvalue weighted by atomic mass is 19.4. The fourth-order valence-electron chi connectivity index (χ4n) is 2.28. The molecule has 2 N–H and O–H groups in total. The first kappa shape index (κ1) is 16.8. The molecule has 0 aliphatic rings. The second-order valence-corrected chi connectivity index (χ2v) is 4.62. The summed E-state index contributed by atoms with van der Waals surface area (Å²) in [7, 11) is 1.78. The molecule has 0 spiro atoms. The van der Waals surface area contributed by atoms with Crippen LogP contribution in [0.1, 0.15) is 15.9 Å². The van der Waals surface area contributed by atoms with Gasteiger partial charge < -0.3 is 19.6 Å². The largest absolute Gasteiger partial charge is 0.466 e. The maximum absolute atomic E-state index is 13.4. The zero-order valence-electron chi connectivity index (χ0n) is 12.0. The lowest BCUT2D eigenvalue weighted by atomic mass is 9.90. The van der Waals surface area contributed by atoms with Gasteiger partial charge in [-0.25, -0.2) is 9.59 Å². The van der Waals surface area contributed by atoms with Gasteiger partial charge in [0.25, 0.3) is 5.60 Å². The summed E-state index contributed by atoms with van der Waals surface area (Å²) >= 11 is 0. The lowest BCUT2D eigenvalue weighted by molar-refractivity contribution is -0.266. The lowest BCUT2D eigenvalue weighted by Gasteiger charge is -2.27. The molecular weight excluding hydrogens is 319 g/mol. The normalized spacial score (nSPS) is 14.3. The Morgan fingerprint density at radius 1 is 1.17 bits per heavy atom. The number of methoxy groups -OCH3 is 2. The van der Waals surface area contributed by atoms with Crippen molar-refractivity contribution in [1.82, 2.24) is 4.98 Å². The van der Waals surface area contributed by atoms with Crippen molar-refractivity contribution in [2.24, 2.45) is 0 Å². The molecule has 0 fully saturated rings. The molecule has 23 heavy (non-hydrogen) atoms. The Kier molecular flexibility index (Phi) is 4.08. The lowest BCUT2D eigenvalue weighted by Crippen LogP contribution is -2.49. The fourth-order valence-corrected chi connectivity index (χ4v) is 2.28. The molecule has 0 aliphatic heterocycles. The molecule has 1 atom stereocenters. The highest BCUT2D eigenvalue weighted by Crippen LogP contribution is 2.43.